The summed E-state index contributed by atoms with van der Waals surface area (Å²) in [7, 11) is 0. The highest BCUT2D eigenvalue weighted by molar-refractivity contribution is 6.30. The molecule has 118 valence electrons. The van der Waals surface area contributed by atoms with Gasteiger partial charge in [0.15, 0.2) is 0 Å². The number of aryl methyl sites for hydroxylation is 1. The van der Waals surface area contributed by atoms with Gasteiger partial charge in [0.1, 0.15) is 11.9 Å². The minimum atomic E-state index is -0.760. The lowest BCUT2D eigenvalue weighted by Gasteiger charge is -2.17. The standard InChI is InChI=1S/C18H17ClN2O2/c1-12-10-21-17(23-12)11-20-16-8-7-14(19)9-15(16)18(22)13-5-3-2-4-6-13/h2-10,18,20,22H,11H2,1H3. The number of rotatable bonds is 5. The van der Waals surface area contributed by atoms with Gasteiger partial charge in [0.05, 0.1) is 12.7 Å². The maximum absolute atomic E-state index is 10.7. The predicted molar refractivity (Wildman–Crippen MR) is 90.5 cm³/mol. The molecular formula is C18H17ClN2O2. The molecule has 0 radical (unpaired) electrons. The molecule has 23 heavy (non-hydrogen) atoms. The Balaban J connectivity index is 1.85. The van der Waals surface area contributed by atoms with Gasteiger partial charge in [-0.3, -0.25) is 0 Å². The highest BCUT2D eigenvalue weighted by Gasteiger charge is 2.15. The van der Waals surface area contributed by atoms with Crippen molar-refractivity contribution in [3.8, 4) is 0 Å². The average Bonchev–Trinajstić information content (AvgIpc) is 2.99. The van der Waals surface area contributed by atoms with E-state index in [-0.39, 0.29) is 0 Å². The molecule has 5 heteroatoms. The van der Waals surface area contributed by atoms with E-state index in [1.165, 1.54) is 0 Å². The van der Waals surface area contributed by atoms with Gasteiger partial charge in [0.25, 0.3) is 0 Å². The molecule has 0 aliphatic rings. The van der Waals surface area contributed by atoms with Gasteiger partial charge >= 0.3 is 0 Å². The summed E-state index contributed by atoms with van der Waals surface area (Å²) in [6, 6.07) is 14.9. The van der Waals surface area contributed by atoms with Crippen molar-refractivity contribution in [3.05, 3.63) is 82.5 Å². The van der Waals surface area contributed by atoms with Gasteiger partial charge in [-0.1, -0.05) is 41.9 Å². The van der Waals surface area contributed by atoms with Crippen LogP contribution in [0, 0.1) is 6.92 Å². The van der Waals surface area contributed by atoms with Gasteiger partial charge in [-0.2, -0.15) is 0 Å². The molecule has 1 atom stereocenters. The third-order valence-electron chi connectivity index (χ3n) is 3.52. The highest BCUT2D eigenvalue weighted by atomic mass is 35.5. The number of hydrogen-bond acceptors (Lipinski definition) is 4. The second kappa shape index (κ2) is 6.86. The van der Waals surface area contributed by atoms with Crippen LogP contribution in [0.2, 0.25) is 5.02 Å². The first-order valence-corrected chi connectivity index (χ1v) is 7.69. The predicted octanol–water partition coefficient (Wildman–Crippen LogP) is 4.33. The first-order chi connectivity index (χ1) is 11.1. The molecule has 3 aromatic rings. The van der Waals surface area contributed by atoms with E-state index in [4.69, 9.17) is 16.0 Å². The SMILES string of the molecule is Cc1cnc(CNc2ccc(Cl)cc2C(O)c2ccccc2)o1. The van der Waals surface area contributed by atoms with E-state index in [2.05, 4.69) is 10.3 Å². The van der Waals surface area contributed by atoms with E-state index in [9.17, 15) is 5.11 Å². The van der Waals surface area contributed by atoms with E-state index in [1.807, 2.05) is 43.3 Å². The Labute approximate surface area is 139 Å². The second-order valence-corrected chi connectivity index (χ2v) is 5.70. The molecule has 0 aliphatic carbocycles. The molecule has 1 unspecified atom stereocenters. The number of aliphatic hydroxyl groups is 1. The molecule has 2 aromatic carbocycles. The second-order valence-electron chi connectivity index (χ2n) is 5.26. The molecule has 0 aliphatic heterocycles. The maximum atomic E-state index is 10.7. The lowest BCUT2D eigenvalue weighted by molar-refractivity contribution is 0.221. The maximum Gasteiger partial charge on any atom is 0.213 e. The van der Waals surface area contributed by atoms with Crippen molar-refractivity contribution in [2.75, 3.05) is 5.32 Å². The summed E-state index contributed by atoms with van der Waals surface area (Å²) in [6.45, 7) is 2.29. The Bertz CT molecular complexity index is 787. The van der Waals surface area contributed by atoms with Crippen LogP contribution in [-0.4, -0.2) is 10.1 Å². The number of aromatic nitrogens is 1. The molecule has 0 bridgehead atoms. The number of benzene rings is 2. The lowest BCUT2D eigenvalue weighted by atomic mass is 10.00. The van der Waals surface area contributed by atoms with Crippen LogP contribution in [0.3, 0.4) is 0 Å². The van der Waals surface area contributed by atoms with Crippen LogP contribution in [-0.2, 0) is 6.54 Å². The molecule has 1 aromatic heterocycles. The first-order valence-electron chi connectivity index (χ1n) is 7.31. The Morgan fingerprint density at radius 2 is 2.00 bits per heavy atom. The molecule has 0 fully saturated rings. The number of anilines is 1. The normalized spacial score (nSPS) is 12.1. The number of nitrogens with one attached hydrogen (secondary N) is 1. The van der Waals surface area contributed by atoms with E-state index in [0.717, 1.165) is 17.0 Å². The largest absolute Gasteiger partial charge is 0.444 e. The van der Waals surface area contributed by atoms with Crippen molar-refractivity contribution in [2.45, 2.75) is 19.6 Å². The van der Waals surface area contributed by atoms with Gasteiger partial charge < -0.3 is 14.8 Å². The molecular weight excluding hydrogens is 312 g/mol. The molecule has 4 nitrogen and oxygen atoms in total. The van der Waals surface area contributed by atoms with E-state index in [1.54, 1.807) is 18.3 Å². The molecule has 0 saturated heterocycles. The van der Waals surface area contributed by atoms with Crippen molar-refractivity contribution in [1.29, 1.82) is 0 Å². The van der Waals surface area contributed by atoms with Crippen LogP contribution in [0.1, 0.15) is 28.9 Å². The summed E-state index contributed by atoms with van der Waals surface area (Å²) >= 11 is 6.10. The lowest BCUT2D eigenvalue weighted by Crippen LogP contribution is -2.07. The van der Waals surface area contributed by atoms with Crippen molar-refractivity contribution in [1.82, 2.24) is 4.98 Å². The number of nitrogens with zero attached hydrogens (tertiary/aromatic N) is 1. The van der Waals surface area contributed by atoms with Gasteiger partial charge in [-0.15, -0.1) is 0 Å². The third-order valence-corrected chi connectivity index (χ3v) is 3.76. The zero-order valence-corrected chi connectivity index (χ0v) is 13.4. The minimum Gasteiger partial charge on any atom is -0.444 e. The van der Waals surface area contributed by atoms with E-state index < -0.39 is 6.10 Å². The smallest absolute Gasteiger partial charge is 0.213 e. The summed E-state index contributed by atoms with van der Waals surface area (Å²) in [5.74, 6) is 1.36. The van der Waals surface area contributed by atoms with Crippen molar-refractivity contribution in [2.24, 2.45) is 0 Å². The van der Waals surface area contributed by atoms with Crippen LogP contribution in [0.15, 0.2) is 59.1 Å². The number of oxazole rings is 1. The molecule has 3 rings (SSSR count). The Kier molecular flexibility index (Phi) is 4.65. The van der Waals surface area contributed by atoms with E-state index >= 15 is 0 Å². The van der Waals surface area contributed by atoms with Gasteiger partial charge in [-0.25, -0.2) is 4.98 Å². The van der Waals surface area contributed by atoms with Crippen LogP contribution in [0.5, 0.6) is 0 Å². The van der Waals surface area contributed by atoms with Crippen molar-refractivity contribution < 1.29 is 9.52 Å². The van der Waals surface area contributed by atoms with Gasteiger partial charge in [-0.05, 0) is 30.7 Å². The van der Waals surface area contributed by atoms with Crippen molar-refractivity contribution >= 4 is 17.3 Å². The van der Waals surface area contributed by atoms with Crippen LogP contribution in [0.25, 0.3) is 0 Å². The summed E-state index contributed by atoms with van der Waals surface area (Å²) in [5, 5.41) is 14.5. The third kappa shape index (κ3) is 3.73. The summed E-state index contributed by atoms with van der Waals surface area (Å²) < 4.78 is 5.45. The Hall–Kier alpha value is -2.30. The zero-order chi connectivity index (χ0) is 16.2. The van der Waals surface area contributed by atoms with Gasteiger partial charge in [0, 0.05) is 16.3 Å². The fraction of sp³-hybridized carbons (Fsp3) is 0.167. The van der Waals surface area contributed by atoms with Gasteiger partial charge in [0.2, 0.25) is 5.89 Å². The molecule has 1 heterocycles. The molecule has 0 saturated carbocycles. The molecule has 2 N–H and O–H groups in total. The Morgan fingerprint density at radius 3 is 2.70 bits per heavy atom. The zero-order valence-electron chi connectivity index (χ0n) is 12.7. The number of aliphatic hydroxyl groups excluding tert-OH is 1. The molecule has 0 spiro atoms. The summed E-state index contributed by atoms with van der Waals surface area (Å²) in [5.41, 5.74) is 2.32. The highest BCUT2D eigenvalue weighted by Crippen LogP contribution is 2.31. The van der Waals surface area contributed by atoms with E-state index in [0.29, 0.717) is 23.0 Å². The van der Waals surface area contributed by atoms with Crippen LogP contribution in [0.4, 0.5) is 5.69 Å². The monoisotopic (exact) mass is 328 g/mol. The fourth-order valence-electron chi connectivity index (χ4n) is 2.39. The van der Waals surface area contributed by atoms with Crippen molar-refractivity contribution in [3.63, 3.8) is 0 Å². The first kappa shape index (κ1) is 15.6. The van der Waals surface area contributed by atoms with Crippen LogP contribution >= 0.6 is 11.6 Å². The summed E-state index contributed by atoms with van der Waals surface area (Å²) in [6.07, 6.45) is 0.919. The quantitative estimate of drug-likeness (QED) is 0.732. The summed E-state index contributed by atoms with van der Waals surface area (Å²) in [4.78, 5) is 4.16. The Morgan fingerprint density at radius 1 is 1.22 bits per heavy atom. The minimum absolute atomic E-state index is 0.435. The topological polar surface area (TPSA) is 58.3 Å². The average molecular weight is 329 g/mol. The van der Waals surface area contributed by atoms with Crippen LogP contribution < -0.4 is 5.32 Å². The number of hydrogen-bond donors (Lipinski definition) is 2. The molecule has 0 amide bonds. The fourth-order valence-corrected chi connectivity index (χ4v) is 2.57. The number of halogens is 1.